The Morgan fingerprint density at radius 1 is 1.21 bits per heavy atom. The number of hydrogen-bond donors (Lipinski definition) is 2. The maximum atomic E-state index is 12.2. The molecule has 3 saturated carbocycles. The zero-order valence-corrected chi connectivity index (χ0v) is 11.7. The third-order valence-corrected chi connectivity index (χ3v) is 5.69. The number of nitrogens with zero attached hydrogens (tertiary/aromatic N) is 1. The normalized spacial score (nSPS) is 38.8. The van der Waals surface area contributed by atoms with Gasteiger partial charge in [-0.2, -0.15) is 0 Å². The van der Waals surface area contributed by atoms with Crippen molar-refractivity contribution in [3.63, 3.8) is 0 Å². The molecule has 3 fully saturated rings. The first-order valence-corrected chi connectivity index (χ1v) is 7.11. The van der Waals surface area contributed by atoms with Crippen LogP contribution in [0, 0.1) is 23.7 Å². The van der Waals surface area contributed by atoms with E-state index in [2.05, 4.69) is 5.32 Å². The van der Waals surface area contributed by atoms with E-state index in [4.69, 9.17) is 5.11 Å². The Morgan fingerprint density at radius 2 is 1.74 bits per heavy atom. The van der Waals surface area contributed by atoms with E-state index < -0.39 is 11.5 Å². The average Bonchev–Trinajstić information content (AvgIpc) is 2.73. The van der Waals surface area contributed by atoms with E-state index in [0.29, 0.717) is 17.9 Å². The van der Waals surface area contributed by atoms with Gasteiger partial charge in [-0.1, -0.05) is 0 Å². The van der Waals surface area contributed by atoms with Gasteiger partial charge in [0.15, 0.2) is 0 Å². The lowest BCUT2D eigenvalue weighted by atomic mass is 10.0. The van der Waals surface area contributed by atoms with Crippen LogP contribution < -0.4 is 5.32 Å². The Bertz CT molecular complexity index is 418. The first-order valence-electron chi connectivity index (χ1n) is 7.11. The summed E-state index contributed by atoms with van der Waals surface area (Å²) in [5, 5.41) is 12.2. The minimum Gasteiger partial charge on any atom is -0.480 e. The number of nitrogens with one attached hydrogen (secondary N) is 1. The van der Waals surface area contributed by atoms with Crippen molar-refractivity contribution >= 4 is 12.0 Å². The molecule has 4 atom stereocenters. The number of carbonyl (C=O) groups is 2. The van der Waals surface area contributed by atoms with E-state index in [1.165, 1.54) is 24.2 Å². The average molecular weight is 266 g/mol. The summed E-state index contributed by atoms with van der Waals surface area (Å²) in [4.78, 5) is 24.6. The molecule has 0 heterocycles. The zero-order valence-electron chi connectivity index (χ0n) is 11.7. The molecule has 2 bridgehead atoms. The van der Waals surface area contributed by atoms with Crippen LogP contribution in [0.5, 0.6) is 0 Å². The molecule has 2 amide bonds. The molecule has 4 unspecified atom stereocenters. The van der Waals surface area contributed by atoms with Gasteiger partial charge in [-0.05, 0) is 56.8 Å². The fourth-order valence-corrected chi connectivity index (χ4v) is 4.16. The summed E-state index contributed by atoms with van der Waals surface area (Å²) >= 11 is 0. The molecule has 0 aromatic heterocycles. The van der Waals surface area contributed by atoms with Crippen molar-refractivity contribution in [2.45, 2.75) is 44.7 Å². The van der Waals surface area contributed by atoms with Crippen LogP contribution in [0.15, 0.2) is 0 Å². The minimum atomic E-state index is -1.17. The molecule has 0 spiro atoms. The van der Waals surface area contributed by atoms with Crippen molar-refractivity contribution in [1.29, 1.82) is 0 Å². The van der Waals surface area contributed by atoms with Crippen LogP contribution in [0.2, 0.25) is 0 Å². The SMILES string of the molecule is CN(C(=O)NC1C2C3CCC(C3)C12)C(C)(C)C(=O)O. The van der Waals surface area contributed by atoms with E-state index >= 15 is 0 Å². The number of amides is 2. The quantitative estimate of drug-likeness (QED) is 0.814. The van der Waals surface area contributed by atoms with Crippen LogP contribution in [-0.4, -0.2) is 40.6 Å². The predicted octanol–water partition coefficient (Wildman–Crippen LogP) is 1.54. The number of carbonyl (C=O) groups excluding carboxylic acids is 1. The van der Waals surface area contributed by atoms with Gasteiger partial charge < -0.3 is 15.3 Å². The second-order valence-corrected chi connectivity index (χ2v) is 6.89. The summed E-state index contributed by atoms with van der Waals surface area (Å²) in [5.74, 6) is 1.96. The largest absolute Gasteiger partial charge is 0.480 e. The molecule has 2 N–H and O–H groups in total. The third-order valence-electron chi connectivity index (χ3n) is 5.69. The number of carboxylic acid groups (broad SMARTS) is 1. The van der Waals surface area contributed by atoms with Crippen LogP contribution in [0.1, 0.15) is 33.1 Å². The first kappa shape index (κ1) is 12.8. The monoisotopic (exact) mass is 266 g/mol. The predicted molar refractivity (Wildman–Crippen MR) is 69.6 cm³/mol. The Kier molecular flexibility index (Phi) is 2.60. The number of carboxylic acids is 1. The summed E-state index contributed by atoms with van der Waals surface area (Å²) in [6.45, 7) is 3.10. The molecule has 0 saturated heterocycles. The number of likely N-dealkylation sites (N-methyl/N-ethyl adjacent to an activating group) is 1. The Labute approximate surface area is 113 Å². The molecule has 106 valence electrons. The summed E-state index contributed by atoms with van der Waals surface area (Å²) in [6.07, 6.45) is 3.97. The molecule has 3 rings (SSSR count). The molecular weight excluding hydrogens is 244 g/mol. The number of urea groups is 1. The summed E-state index contributed by atoms with van der Waals surface area (Å²) in [5.41, 5.74) is -1.17. The minimum absolute atomic E-state index is 0.258. The Morgan fingerprint density at radius 3 is 2.21 bits per heavy atom. The second-order valence-electron chi connectivity index (χ2n) is 6.89. The number of fused-ring (bicyclic) bond motifs is 5. The van der Waals surface area contributed by atoms with Crippen molar-refractivity contribution in [1.82, 2.24) is 10.2 Å². The van der Waals surface area contributed by atoms with Crippen molar-refractivity contribution in [2.24, 2.45) is 23.7 Å². The summed E-state index contributed by atoms with van der Waals surface area (Å²) in [7, 11) is 1.55. The summed E-state index contributed by atoms with van der Waals surface area (Å²) in [6, 6.07) is 0.0389. The van der Waals surface area contributed by atoms with E-state index in [1.54, 1.807) is 20.9 Å². The van der Waals surface area contributed by atoms with Crippen LogP contribution in [0.3, 0.4) is 0 Å². The number of aliphatic carboxylic acids is 1. The molecular formula is C14H22N2O3. The van der Waals surface area contributed by atoms with Crippen molar-refractivity contribution < 1.29 is 14.7 Å². The number of hydrogen-bond acceptors (Lipinski definition) is 2. The van der Waals surface area contributed by atoms with Crippen molar-refractivity contribution in [3.05, 3.63) is 0 Å². The standard InChI is InChI=1S/C14H22N2O3/c1-14(2,12(17)18)16(3)13(19)15-11-9-7-4-5-8(6-7)10(9)11/h7-11H,4-6H2,1-3H3,(H,15,19)(H,17,18). The van der Waals surface area contributed by atoms with Gasteiger partial charge in [0.1, 0.15) is 5.54 Å². The molecule has 0 aromatic carbocycles. The van der Waals surface area contributed by atoms with E-state index in [9.17, 15) is 9.59 Å². The van der Waals surface area contributed by atoms with Gasteiger partial charge in [0.05, 0.1) is 0 Å². The lowest BCUT2D eigenvalue weighted by molar-refractivity contribution is -0.146. The van der Waals surface area contributed by atoms with Crippen LogP contribution in [0.4, 0.5) is 4.79 Å². The van der Waals surface area contributed by atoms with Crippen LogP contribution in [0.25, 0.3) is 0 Å². The van der Waals surface area contributed by atoms with Gasteiger partial charge in [-0.15, -0.1) is 0 Å². The molecule has 19 heavy (non-hydrogen) atoms. The van der Waals surface area contributed by atoms with E-state index in [1.807, 2.05) is 0 Å². The molecule has 3 aliphatic rings. The zero-order chi connectivity index (χ0) is 13.9. The Balaban J connectivity index is 1.60. The first-order chi connectivity index (χ1) is 8.84. The molecule has 0 radical (unpaired) electrons. The van der Waals surface area contributed by atoms with Crippen LogP contribution >= 0.6 is 0 Å². The number of rotatable bonds is 3. The topological polar surface area (TPSA) is 69.6 Å². The van der Waals surface area contributed by atoms with E-state index in [0.717, 1.165) is 11.8 Å². The fourth-order valence-electron chi connectivity index (χ4n) is 4.16. The van der Waals surface area contributed by atoms with Gasteiger partial charge in [-0.3, -0.25) is 0 Å². The van der Waals surface area contributed by atoms with Gasteiger partial charge in [0.25, 0.3) is 0 Å². The Hall–Kier alpha value is -1.26. The highest BCUT2D eigenvalue weighted by atomic mass is 16.4. The lowest BCUT2D eigenvalue weighted by Crippen LogP contribution is -2.54. The van der Waals surface area contributed by atoms with Crippen molar-refractivity contribution in [3.8, 4) is 0 Å². The highest BCUT2D eigenvalue weighted by Gasteiger charge is 2.65. The molecule has 0 aromatic rings. The highest BCUT2D eigenvalue weighted by molar-refractivity contribution is 5.85. The molecule has 3 aliphatic carbocycles. The van der Waals surface area contributed by atoms with Crippen molar-refractivity contribution in [2.75, 3.05) is 7.05 Å². The van der Waals surface area contributed by atoms with Crippen LogP contribution in [-0.2, 0) is 4.79 Å². The maximum absolute atomic E-state index is 12.2. The molecule has 0 aliphatic heterocycles. The van der Waals surface area contributed by atoms with Gasteiger partial charge >= 0.3 is 12.0 Å². The van der Waals surface area contributed by atoms with Gasteiger partial charge in [0, 0.05) is 13.1 Å². The fraction of sp³-hybridized carbons (Fsp3) is 0.857. The lowest BCUT2D eigenvalue weighted by Gasteiger charge is -2.31. The van der Waals surface area contributed by atoms with E-state index in [-0.39, 0.29) is 6.03 Å². The van der Waals surface area contributed by atoms with Gasteiger partial charge in [0.2, 0.25) is 0 Å². The third kappa shape index (κ3) is 1.74. The second kappa shape index (κ2) is 3.87. The van der Waals surface area contributed by atoms with Gasteiger partial charge in [-0.25, -0.2) is 9.59 Å². The summed E-state index contributed by atoms with van der Waals surface area (Å²) < 4.78 is 0. The smallest absolute Gasteiger partial charge is 0.329 e. The molecule has 5 nitrogen and oxygen atoms in total. The highest BCUT2D eigenvalue weighted by Crippen LogP contribution is 2.65. The maximum Gasteiger partial charge on any atom is 0.329 e. The molecule has 5 heteroatoms.